The highest BCUT2D eigenvalue weighted by Crippen LogP contribution is 2.32. The molecule has 0 bridgehead atoms. The van der Waals surface area contributed by atoms with Crippen molar-refractivity contribution < 1.29 is 14.3 Å². The van der Waals surface area contributed by atoms with E-state index >= 15 is 0 Å². The first-order valence-electron chi connectivity index (χ1n) is 12.8. The van der Waals surface area contributed by atoms with Crippen LogP contribution in [-0.2, 0) is 20.9 Å². The standard InChI is InChI=1S/C28H30N4O4S2/c1-18-7-4-8-19(15-18)30-24(34)17-37-28-31-25-21-10-2-3-11-22(21)38-26(25)27(35)32(28)13-5-12-23(33)29-16-20-9-6-14-36-20/h2-4,7-8,10-11,15,20H,5-6,9,12-14,16-17H2,1H3,(H,29,33)(H,30,34)/t20-/m0/s1. The van der Waals surface area contributed by atoms with Crippen LogP contribution in [0.4, 0.5) is 5.69 Å². The Bertz CT molecular complexity index is 1520. The second-order valence-electron chi connectivity index (χ2n) is 9.38. The number of amides is 2. The first-order chi connectivity index (χ1) is 18.5. The summed E-state index contributed by atoms with van der Waals surface area (Å²) in [6.07, 6.45) is 2.87. The van der Waals surface area contributed by atoms with Crippen LogP contribution >= 0.6 is 23.1 Å². The quantitative estimate of drug-likeness (QED) is 0.219. The molecule has 10 heteroatoms. The first-order valence-corrected chi connectivity index (χ1v) is 14.6. The minimum Gasteiger partial charge on any atom is -0.376 e. The van der Waals surface area contributed by atoms with Crippen LogP contribution in [0.25, 0.3) is 20.3 Å². The Morgan fingerprint density at radius 2 is 2.05 bits per heavy atom. The van der Waals surface area contributed by atoms with Gasteiger partial charge in [-0.2, -0.15) is 0 Å². The van der Waals surface area contributed by atoms with Crippen molar-refractivity contribution in [3.8, 4) is 0 Å². The lowest BCUT2D eigenvalue weighted by Gasteiger charge is -2.13. The Morgan fingerprint density at radius 1 is 1.18 bits per heavy atom. The smallest absolute Gasteiger partial charge is 0.272 e. The van der Waals surface area contributed by atoms with E-state index in [1.807, 2.05) is 55.5 Å². The average molecular weight is 551 g/mol. The van der Waals surface area contributed by atoms with Crippen molar-refractivity contribution in [2.24, 2.45) is 0 Å². The van der Waals surface area contributed by atoms with Crippen LogP contribution in [0.2, 0.25) is 0 Å². The fourth-order valence-electron chi connectivity index (χ4n) is 4.53. The van der Waals surface area contributed by atoms with Crippen LogP contribution in [0, 0.1) is 6.92 Å². The number of carbonyl (C=O) groups is 2. The number of ether oxygens (including phenoxy) is 1. The molecule has 2 N–H and O–H groups in total. The maximum Gasteiger partial charge on any atom is 0.272 e. The Labute approximate surface area is 228 Å². The lowest BCUT2D eigenvalue weighted by molar-refractivity contribution is -0.121. The number of hydrogen-bond donors (Lipinski definition) is 2. The van der Waals surface area contributed by atoms with Gasteiger partial charge in [0.1, 0.15) is 4.70 Å². The summed E-state index contributed by atoms with van der Waals surface area (Å²) in [6, 6.07) is 15.4. The molecule has 0 radical (unpaired) electrons. The van der Waals surface area contributed by atoms with Crippen LogP contribution in [0.3, 0.4) is 0 Å². The van der Waals surface area contributed by atoms with Crippen molar-refractivity contribution in [2.45, 2.75) is 50.4 Å². The predicted octanol–water partition coefficient (Wildman–Crippen LogP) is 4.73. The molecule has 4 aromatic rings. The molecule has 1 aliphatic heterocycles. The minimum absolute atomic E-state index is 0.0591. The molecule has 2 amide bonds. The molecule has 3 heterocycles. The lowest BCUT2D eigenvalue weighted by Crippen LogP contribution is -2.32. The summed E-state index contributed by atoms with van der Waals surface area (Å²) >= 11 is 2.66. The van der Waals surface area contributed by atoms with Gasteiger partial charge in [-0.3, -0.25) is 19.0 Å². The van der Waals surface area contributed by atoms with Gasteiger partial charge in [-0.1, -0.05) is 42.1 Å². The van der Waals surface area contributed by atoms with Crippen LogP contribution in [0.1, 0.15) is 31.2 Å². The summed E-state index contributed by atoms with van der Waals surface area (Å²) < 4.78 is 8.75. The molecule has 1 atom stereocenters. The minimum atomic E-state index is -0.176. The van der Waals surface area contributed by atoms with Gasteiger partial charge in [0.05, 0.1) is 17.4 Å². The van der Waals surface area contributed by atoms with E-state index in [-0.39, 0.29) is 29.2 Å². The SMILES string of the molecule is Cc1cccc(NC(=O)CSc2nc3c(sc4ccccc43)c(=O)n2CCCC(=O)NC[C@@H]2CCCO2)c1. The number of hydrogen-bond acceptors (Lipinski definition) is 7. The molecule has 0 aliphatic carbocycles. The highest BCUT2D eigenvalue weighted by atomic mass is 32.2. The molecule has 1 fully saturated rings. The van der Waals surface area contributed by atoms with Gasteiger partial charge in [0, 0.05) is 41.9 Å². The van der Waals surface area contributed by atoms with Gasteiger partial charge in [0.25, 0.3) is 5.56 Å². The lowest BCUT2D eigenvalue weighted by atomic mass is 10.2. The molecular weight excluding hydrogens is 520 g/mol. The summed E-state index contributed by atoms with van der Waals surface area (Å²) in [5.41, 5.74) is 2.30. The first kappa shape index (κ1) is 26.4. The molecule has 2 aromatic carbocycles. The van der Waals surface area contributed by atoms with Crippen LogP contribution in [0.15, 0.2) is 58.5 Å². The van der Waals surface area contributed by atoms with Crippen molar-refractivity contribution in [1.82, 2.24) is 14.9 Å². The van der Waals surface area contributed by atoms with Gasteiger partial charge in [-0.05, 0) is 49.9 Å². The second-order valence-corrected chi connectivity index (χ2v) is 11.4. The highest BCUT2D eigenvalue weighted by molar-refractivity contribution is 7.99. The number of thiophene rings is 1. The van der Waals surface area contributed by atoms with Gasteiger partial charge in [0.2, 0.25) is 11.8 Å². The molecule has 198 valence electrons. The highest BCUT2D eigenvalue weighted by Gasteiger charge is 2.19. The zero-order valence-electron chi connectivity index (χ0n) is 21.2. The molecule has 38 heavy (non-hydrogen) atoms. The zero-order chi connectivity index (χ0) is 26.5. The molecule has 1 saturated heterocycles. The van der Waals surface area contributed by atoms with Crippen molar-refractivity contribution in [2.75, 3.05) is 24.2 Å². The fraction of sp³-hybridized carbons (Fsp3) is 0.357. The van der Waals surface area contributed by atoms with E-state index in [0.29, 0.717) is 41.3 Å². The van der Waals surface area contributed by atoms with E-state index < -0.39 is 0 Å². The molecular formula is C28H30N4O4S2. The molecule has 8 nitrogen and oxygen atoms in total. The molecule has 0 spiro atoms. The van der Waals surface area contributed by atoms with Gasteiger partial charge in [-0.25, -0.2) is 4.98 Å². The van der Waals surface area contributed by atoms with Gasteiger partial charge in [-0.15, -0.1) is 11.3 Å². The Hall–Kier alpha value is -3.21. The normalized spacial score (nSPS) is 15.2. The molecule has 2 aromatic heterocycles. The van der Waals surface area contributed by atoms with Crippen molar-refractivity contribution in [3.05, 3.63) is 64.4 Å². The van der Waals surface area contributed by atoms with Crippen molar-refractivity contribution in [1.29, 1.82) is 0 Å². The number of fused-ring (bicyclic) bond motifs is 3. The molecule has 5 rings (SSSR count). The molecule has 0 saturated carbocycles. The third-order valence-corrected chi connectivity index (χ3v) is 8.54. The third-order valence-electron chi connectivity index (χ3n) is 6.42. The van der Waals surface area contributed by atoms with Crippen LogP contribution in [0.5, 0.6) is 0 Å². The maximum absolute atomic E-state index is 13.6. The summed E-state index contributed by atoms with van der Waals surface area (Å²) in [5, 5.41) is 7.24. The Morgan fingerprint density at radius 3 is 2.87 bits per heavy atom. The van der Waals surface area contributed by atoms with E-state index in [4.69, 9.17) is 9.72 Å². The van der Waals surface area contributed by atoms with E-state index in [9.17, 15) is 14.4 Å². The average Bonchev–Trinajstić information content (AvgIpc) is 3.56. The Kier molecular flexibility index (Phi) is 8.41. The maximum atomic E-state index is 13.6. The number of anilines is 1. The van der Waals surface area contributed by atoms with Crippen LogP contribution < -0.4 is 16.2 Å². The Balaban J connectivity index is 1.32. The third kappa shape index (κ3) is 6.25. The summed E-state index contributed by atoms with van der Waals surface area (Å²) in [4.78, 5) is 43.5. The van der Waals surface area contributed by atoms with Crippen molar-refractivity contribution in [3.63, 3.8) is 0 Å². The zero-order valence-corrected chi connectivity index (χ0v) is 22.8. The van der Waals surface area contributed by atoms with Crippen LogP contribution in [-0.4, -0.2) is 46.4 Å². The number of carbonyl (C=O) groups excluding carboxylic acids is 2. The van der Waals surface area contributed by atoms with Gasteiger partial charge >= 0.3 is 0 Å². The van der Waals surface area contributed by atoms with Gasteiger partial charge < -0.3 is 15.4 Å². The van der Waals surface area contributed by atoms with E-state index in [0.717, 1.165) is 40.8 Å². The number of aromatic nitrogens is 2. The largest absolute Gasteiger partial charge is 0.376 e. The monoisotopic (exact) mass is 550 g/mol. The second kappa shape index (κ2) is 12.1. The number of rotatable bonds is 10. The fourth-order valence-corrected chi connectivity index (χ4v) is 6.44. The van der Waals surface area contributed by atoms with Crippen molar-refractivity contribution >= 4 is 60.9 Å². The van der Waals surface area contributed by atoms with Gasteiger partial charge in [0.15, 0.2) is 5.16 Å². The number of nitrogens with one attached hydrogen (secondary N) is 2. The summed E-state index contributed by atoms with van der Waals surface area (Å²) in [7, 11) is 0. The number of aryl methyl sites for hydroxylation is 1. The number of nitrogens with zero attached hydrogens (tertiary/aromatic N) is 2. The predicted molar refractivity (Wildman–Crippen MR) is 153 cm³/mol. The van der Waals surface area contributed by atoms with E-state index in [2.05, 4.69) is 10.6 Å². The van der Waals surface area contributed by atoms with E-state index in [1.165, 1.54) is 23.1 Å². The topological polar surface area (TPSA) is 102 Å². The number of benzene rings is 2. The summed E-state index contributed by atoms with van der Waals surface area (Å²) in [5.74, 6) is -0.128. The summed E-state index contributed by atoms with van der Waals surface area (Å²) in [6.45, 7) is 3.58. The molecule has 0 unspecified atom stereocenters. The number of thioether (sulfide) groups is 1. The molecule has 1 aliphatic rings. The van der Waals surface area contributed by atoms with E-state index in [1.54, 1.807) is 4.57 Å².